The largest absolute Gasteiger partial charge is 0.417 e. The molecule has 3 fully saturated rings. The van der Waals surface area contributed by atoms with Crippen molar-refractivity contribution in [2.24, 2.45) is 11.3 Å². The molecule has 3 aliphatic rings. The highest BCUT2D eigenvalue weighted by atomic mass is 19.4. The molecule has 1 aromatic carbocycles. The number of hydrogen-bond donors (Lipinski definition) is 0. The van der Waals surface area contributed by atoms with Gasteiger partial charge in [-0.05, 0) is 43.9 Å². The fourth-order valence-electron chi connectivity index (χ4n) is 5.78. The molecule has 3 aliphatic heterocycles. The molecule has 1 aromatic rings. The summed E-state index contributed by atoms with van der Waals surface area (Å²) >= 11 is 0. The van der Waals surface area contributed by atoms with Crippen LogP contribution in [0, 0.1) is 22.7 Å². The van der Waals surface area contributed by atoms with Crippen LogP contribution < -0.4 is 4.90 Å². The molecular weight excluding hydrogens is 461 g/mol. The maximum absolute atomic E-state index is 13.5. The lowest BCUT2D eigenvalue weighted by atomic mass is 9.70. The van der Waals surface area contributed by atoms with Gasteiger partial charge in [0.25, 0.3) is 0 Å². The number of alkyl halides is 3. The van der Waals surface area contributed by atoms with E-state index in [9.17, 15) is 22.8 Å². The number of nitriles is 1. The van der Waals surface area contributed by atoms with Gasteiger partial charge in [-0.3, -0.25) is 9.59 Å². The zero-order chi connectivity index (χ0) is 25.2. The second-order valence-corrected chi connectivity index (χ2v) is 9.79. The Morgan fingerprint density at radius 2 is 1.83 bits per heavy atom. The van der Waals surface area contributed by atoms with Crippen LogP contribution in [-0.4, -0.2) is 74.6 Å². The van der Waals surface area contributed by atoms with Crippen LogP contribution in [0.25, 0.3) is 0 Å². The number of amides is 2. The van der Waals surface area contributed by atoms with Crippen molar-refractivity contribution in [2.45, 2.75) is 38.3 Å². The Kier molecular flexibility index (Phi) is 7.27. The Labute approximate surface area is 203 Å². The van der Waals surface area contributed by atoms with Gasteiger partial charge >= 0.3 is 6.18 Å². The third-order valence-electron chi connectivity index (χ3n) is 7.79. The number of halogens is 3. The lowest BCUT2D eigenvalue weighted by molar-refractivity contribution is -0.138. The quantitative estimate of drug-likeness (QED) is 0.631. The number of benzene rings is 1. The van der Waals surface area contributed by atoms with Crippen molar-refractivity contribution in [1.82, 2.24) is 9.80 Å². The summed E-state index contributed by atoms with van der Waals surface area (Å²) in [7, 11) is 1.54. The Hall–Kier alpha value is -2.80. The molecule has 3 heterocycles. The minimum absolute atomic E-state index is 0.0349. The minimum atomic E-state index is -4.61. The maximum atomic E-state index is 13.5. The Bertz CT molecular complexity index is 993. The number of hydrogen-bond acceptors (Lipinski definition) is 5. The first-order valence-corrected chi connectivity index (χ1v) is 12.1. The van der Waals surface area contributed by atoms with Gasteiger partial charge in [0, 0.05) is 57.5 Å². The van der Waals surface area contributed by atoms with Crippen LogP contribution in [0.5, 0.6) is 0 Å². The monoisotopic (exact) mass is 492 g/mol. The van der Waals surface area contributed by atoms with E-state index < -0.39 is 22.7 Å². The zero-order valence-electron chi connectivity index (χ0n) is 19.9. The average Bonchev–Trinajstić information content (AvgIpc) is 3.51. The van der Waals surface area contributed by atoms with Crippen molar-refractivity contribution in [1.29, 1.82) is 5.26 Å². The summed E-state index contributed by atoms with van der Waals surface area (Å²) < 4.78 is 45.4. The van der Waals surface area contributed by atoms with Crippen LogP contribution in [-0.2, 0) is 20.5 Å². The molecule has 3 saturated heterocycles. The highest BCUT2D eigenvalue weighted by Gasteiger charge is 2.53. The van der Waals surface area contributed by atoms with E-state index in [2.05, 4.69) is 0 Å². The number of ether oxygens (including phenoxy) is 1. The van der Waals surface area contributed by atoms with Crippen LogP contribution in [0.3, 0.4) is 0 Å². The molecule has 0 radical (unpaired) electrons. The Morgan fingerprint density at radius 3 is 2.43 bits per heavy atom. The van der Waals surface area contributed by atoms with Gasteiger partial charge in [-0.15, -0.1) is 0 Å². The summed E-state index contributed by atoms with van der Waals surface area (Å²) in [4.78, 5) is 31.8. The number of anilines is 1. The number of likely N-dealkylation sites (tertiary alicyclic amines) is 2. The van der Waals surface area contributed by atoms with Gasteiger partial charge in [0.15, 0.2) is 0 Å². The molecule has 0 aromatic heterocycles. The summed E-state index contributed by atoms with van der Waals surface area (Å²) in [5, 5.41) is 9.08. The Balaban J connectivity index is 1.54. The fraction of sp³-hybridized carbons (Fsp3) is 0.640. The van der Waals surface area contributed by atoms with Gasteiger partial charge < -0.3 is 19.4 Å². The third-order valence-corrected chi connectivity index (χ3v) is 7.79. The summed E-state index contributed by atoms with van der Waals surface area (Å²) in [6.07, 6.45) is -1.18. The summed E-state index contributed by atoms with van der Waals surface area (Å²) in [5.41, 5.74) is -1.31. The number of nitrogens with zero attached hydrogens (tertiary/aromatic N) is 4. The number of methoxy groups -OCH3 is 1. The highest BCUT2D eigenvalue weighted by Crippen LogP contribution is 2.47. The van der Waals surface area contributed by atoms with Crippen LogP contribution in [0.1, 0.15) is 43.2 Å². The molecule has 35 heavy (non-hydrogen) atoms. The molecule has 0 saturated carbocycles. The molecule has 7 nitrogen and oxygen atoms in total. The summed E-state index contributed by atoms with van der Waals surface area (Å²) in [5.74, 6) is -0.246. The van der Waals surface area contributed by atoms with Crippen LogP contribution >= 0.6 is 0 Å². The van der Waals surface area contributed by atoms with Crippen LogP contribution in [0.2, 0.25) is 0 Å². The number of rotatable bonds is 5. The smallest absolute Gasteiger partial charge is 0.384 e. The first kappa shape index (κ1) is 25.3. The molecule has 1 spiro atoms. The lowest BCUT2D eigenvalue weighted by Gasteiger charge is -2.43. The van der Waals surface area contributed by atoms with Gasteiger partial charge in [-0.1, -0.05) is 0 Å². The van der Waals surface area contributed by atoms with Gasteiger partial charge in [0.05, 0.1) is 36.1 Å². The number of carbonyl (C=O) groups excluding carboxylic acids is 2. The topological polar surface area (TPSA) is 76.9 Å². The van der Waals surface area contributed by atoms with Crippen molar-refractivity contribution < 1.29 is 27.5 Å². The standard InChI is InChI=1S/C25H31F3N4O3/c1-35-13-6-22(33)32-16-21(23(34)31-9-2-3-10-31)24(17-32)7-11-30(12-8-24)19-5-4-18(15-29)20(14-19)25(26,27)28/h4-5,14,21H,2-3,6-13,16-17H2,1H3. The van der Waals surface area contributed by atoms with Crippen molar-refractivity contribution >= 4 is 17.5 Å². The molecule has 1 unspecified atom stereocenters. The van der Waals surface area contributed by atoms with E-state index in [1.54, 1.807) is 24.1 Å². The zero-order valence-corrected chi connectivity index (χ0v) is 19.9. The third kappa shape index (κ3) is 5.10. The van der Waals surface area contributed by atoms with Crippen molar-refractivity contribution in [2.75, 3.05) is 57.9 Å². The fourth-order valence-corrected chi connectivity index (χ4v) is 5.78. The maximum Gasteiger partial charge on any atom is 0.417 e. The van der Waals surface area contributed by atoms with E-state index in [-0.39, 0.29) is 24.2 Å². The summed E-state index contributed by atoms with van der Waals surface area (Å²) in [6.45, 7) is 3.62. The van der Waals surface area contributed by atoms with Gasteiger partial charge in [0.2, 0.25) is 11.8 Å². The van der Waals surface area contributed by atoms with Crippen molar-refractivity contribution in [3.8, 4) is 6.07 Å². The molecular formula is C25H31F3N4O3. The molecule has 190 valence electrons. The predicted octanol–water partition coefficient (Wildman–Crippen LogP) is 3.28. The van der Waals surface area contributed by atoms with E-state index in [4.69, 9.17) is 10.00 Å². The first-order chi connectivity index (χ1) is 16.7. The van der Waals surface area contributed by atoms with Crippen LogP contribution in [0.4, 0.5) is 18.9 Å². The predicted molar refractivity (Wildman–Crippen MR) is 122 cm³/mol. The van der Waals surface area contributed by atoms with Crippen molar-refractivity contribution in [3.05, 3.63) is 29.3 Å². The molecule has 2 amide bonds. The number of carbonyl (C=O) groups is 2. The second-order valence-electron chi connectivity index (χ2n) is 9.79. The second kappa shape index (κ2) is 10.1. The molecule has 1 atom stereocenters. The average molecular weight is 493 g/mol. The molecule has 10 heteroatoms. The van der Waals surface area contributed by atoms with Gasteiger partial charge in [-0.2, -0.15) is 18.4 Å². The molecule has 0 aliphatic carbocycles. The van der Waals surface area contributed by atoms with Gasteiger partial charge in [0.1, 0.15) is 0 Å². The Morgan fingerprint density at radius 1 is 1.14 bits per heavy atom. The number of piperidine rings is 1. The van der Waals surface area contributed by atoms with E-state index in [1.807, 2.05) is 9.80 Å². The van der Waals surface area contributed by atoms with Gasteiger partial charge in [-0.25, -0.2) is 0 Å². The summed E-state index contributed by atoms with van der Waals surface area (Å²) in [6, 6.07) is 5.43. The van der Waals surface area contributed by atoms with E-state index in [1.165, 1.54) is 6.07 Å². The highest BCUT2D eigenvalue weighted by molar-refractivity contribution is 5.83. The lowest BCUT2D eigenvalue weighted by Crippen LogP contribution is -2.49. The van der Waals surface area contributed by atoms with E-state index in [0.29, 0.717) is 51.3 Å². The van der Waals surface area contributed by atoms with Crippen LogP contribution in [0.15, 0.2) is 18.2 Å². The van der Waals surface area contributed by atoms with E-state index >= 15 is 0 Å². The normalized spacial score (nSPS) is 22.0. The first-order valence-electron chi connectivity index (χ1n) is 12.1. The van der Waals surface area contributed by atoms with E-state index in [0.717, 1.165) is 32.0 Å². The molecule has 4 rings (SSSR count). The minimum Gasteiger partial charge on any atom is -0.384 e. The molecule has 0 bridgehead atoms. The van der Waals surface area contributed by atoms with Crippen molar-refractivity contribution in [3.63, 3.8) is 0 Å². The SMILES string of the molecule is COCCC(=O)N1CC(C(=O)N2CCCC2)C2(CCN(c3ccc(C#N)c(C(F)(F)F)c3)CC2)C1. The molecule has 0 N–H and O–H groups in total.